The lowest BCUT2D eigenvalue weighted by molar-refractivity contribution is -0.137. The number of benzene rings is 1. The molecule has 1 N–H and O–H groups in total. The van der Waals surface area contributed by atoms with Gasteiger partial charge in [0.2, 0.25) is 5.91 Å². The number of halogens is 4. The SMILES string of the molecule is CCCCC(=O)Nc1nc(C)c(Cc2cc(C(F)(F)F)ccc2Cl)s1. The smallest absolute Gasteiger partial charge is 0.302 e. The van der Waals surface area contributed by atoms with Crippen LogP contribution >= 0.6 is 22.9 Å². The number of carbonyl (C=O) groups excluding carboxylic acids is 1. The fourth-order valence-electron chi connectivity index (χ4n) is 2.22. The van der Waals surface area contributed by atoms with Crippen molar-refractivity contribution in [1.82, 2.24) is 4.98 Å². The summed E-state index contributed by atoms with van der Waals surface area (Å²) in [4.78, 5) is 16.8. The van der Waals surface area contributed by atoms with E-state index in [0.717, 1.165) is 29.9 Å². The van der Waals surface area contributed by atoms with Crippen LogP contribution in [-0.2, 0) is 17.4 Å². The van der Waals surface area contributed by atoms with Crippen LogP contribution in [-0.4, -0.2) is 10.9 Å². The van der Waals surface area contributed by atoms with Crippen molar-refractivity contribution in [3.8, 4) is 0 Å². The van der Waals surface area contributed by atoms with Gasteiger partial charge in [-0.05, 0) is 37.1 Å². The van der Waals surface area contributed by atoms with Crippen LogP contribution < -0.4 is 5.32 Å². The predicted octanol–water partition coefficient (Wildman–Crippen LogP) is 5.84. The molecule has 1 amide bonds. The molecular weight excluding hydrogens is 373 g/mol. The van der Waals surface area contributed by atoms with Crippen molar-refractivity contribution < 1.29 is 18.0 Å². The molecule has 25 heavy (non-hydrogen) atoms. The molecule has 0 spiro atoms. The molecule has 0 saturated carbocycles. The number of nitrogens with one attached hydrogen (secondary N) is 1. The molecule has 1 aromatic carbocycles. The molecule has 0 saturated heterocycles. The highest BCUT2D eigenvalue weighted by Crippen LogP contribution is 2.34. The number of carbonyl (C=O) groups is 1. The van der Waals surface area contributed by atoms with Crippen molar-refractivity contribution in [2.24, 2.45) is 0 Å². The van der Waals surface area contributed by atoms with Gasteiger partial charge in [-0.2, -0.15) is 13.2 Å². The molecule has 8 heteroatoms. The van der Waals surface area contributed by atoms with E-state index in [1.165, 1.54) is 17.4 Å². The zero-order valence-corrected chi connectivity index (χ0v) is 15.4. The van der Waals surface area contributed by atoms with Crippen LogP contribution in [0.3, 0.4) is 0 Å². The zero-order valence-electron chi connectivity index (χ0n) is 13.8. The van der Waals surface area contributed by atoms with Crippen LogP contribution in [0.2, 0.25) is 5.02 Å². The van der Waals surface area contributed by atoms with E-state index in [2.05, 4.69) is 10.3 Å². The highest BCUT2D eigenvalue weighted by Gasteiger charge is 2.31. The van der Waals surface area contributed by atoms with Gasteiger partial charge in [0.25, 0.3) is 0 Å². The maximum Gasteiger partial charge on any atom is 0.416 e. The van der Waals surface area contributed by atoms with Crippen LogP contribution in [0.4, 0.5) is 18.3 Å². The number of hydrogen-bond acceptors (Lipinski definition) is 3. The number of alkyl halides is 3. The van der Waals surface area contributed by atoms with E-state index in [0.29, 0.717) is 22.8 Å². The first-order valence-electron chi connectivity index (χ1n) is 7.82. The second-order valence-electron chi connectivity index (χ2n) is 5.66. The number of anilines is 1. The average molecular weight is 391 g/mol. The summed E-state index contributed by atoms with van der Waals surface area (Å²) >= 11 is 7.30. The molecule has 0 atom stereocenters. The fourth-order valence-corrected chi connectivity index (χ4v) is 3.41. The maximum absolute atomic E-state index is 12.9. The Morgan fingerprint density at radius 3 is 2.72 bits per heavy atom. The highest BCUT2D eigenvalue weighted by atomic mass is 35.5. The minimum absolute atomic E-state index is 0.112. The number of thiazole rings is 1. The number of rotatable bonds is 6. The summed E-state index contributed by atoms with van der Waals surface area (Å²) in [6, 6.07) is 3.27. The van der Waals surface area contributed by atoms with Gasteiger partial charge in [-0.25, -0.2) is 4.98 Å². The van der Waals surface area contributed by atoms with Crippen LogP contribution in [0.25, 0.3) is 0 Å². The normalized spacial score (nSPS) is 11.6. The Labute approximate surface area is 153 Å². The van der Waals surface area contributed by atoms with E-state index in [1.54, 1.807) is 6.92 Å². The quantitative estimate of drug-likeness (QED) is 0.672. The Morgan fingerprint density at radius 1 is 1.36 bits per heavy atom. The van der Waals surface area contributed by atoms with Crippen LogP contribution in [0.1, 0.15) is 47.9 Å². The topological polar surface area (TPSA) is 42.0 Å². The van der Waals surface area contributed by atoms with Crippen molar-refractivity contribution in [2.75, 3.05) is 5.32 Å². The molecule has 0 aliphatic carbocycles. The van der Waals surface area contributed by atoms with Crippen LogP contribution in [0.15, 0.2) is 18.2 Å². The van der Waals surface area contributed by atoms with Crippen molar-refractivity contribution in [3.63, 3.8) is 0 Å². The molecule has 0 unspecified atom stereocenters. The lowest BCUT2D eigenvalue weighted by Crippen LogP contribution is -2.10. The maximum atomic E-state index is 12.9. The van der Waals surface area contributed by atoms with Crippen molar-refractivity contribution >= 4 is 34.0 Å². The Bertz CT molecular complexity index is 759. The summed E-state index contributed by atoms with van der Waals surface area (Å²) < 4.78 is 38.6. The van der Waals surface area contributed by atoms with Crippen LogP contribution in [0, 0.1) is 6.92 Å². The monoisotopic (exact) mass is 390 g/mol. The fraction of sp³-hybridized carbons (Fsp3) is 0.412. The van der Waals surface area contributed by atoms with Gasteiger partial charge in [-0.1, -0.05) is 24.9 Å². The summed E-state index contributed by atoms with van der Waals surface area (Å²) in [7, 11) is 0. The molecule has 1 heterocycles. The third-order valence-corrected chi connectivity index (χ3v) is 5.06. The minimum Gasteiger partial charge on any atom is -0.302 e. The Hall–Kier alpha value is -1.60. The number of amides is 1. The average Bonchev–Trinajstić information content (AvgIpc) is 2.85. The van der Waals surface area contributed by atoms with E-state index in [-0.39, 0.29) is 17.4 Å². The van der Waals surface area contributed by atoms with Gasteiger partial charge in [-0.15, -0.1) is 11.3 Å². The number of hydrogen-bond donors (Lipinski definition) is 1. The summed E-state index contributed by atoms with van der Waals surface area (Å²) in [5.74, 6) is -0.112. The summed E-state index contributed by atoms with van der Waals surface area (Å²) in [5.41, 5.74) is 0.318. The third-order valence-electron chi connectivity index (χ3n) is 3.62. The molecule has 3 nitrogen and oxygen atoms in total. The molecule has 2 rings (SSSR count). The van der Waals surface area contributed by atoms with E-state index in [4.69, 9.17) is 11.6 Å². The predicted molar refractivity (Wildman–Crippen MR) is 94.3 cm³/mol. The first-order valence-corrected chi connectivity index (χ1v) is 9.02. The molecule has 0 fully saturated rings. The van der Waals surface area contributed by atoms with Gasteiger partial charge in [0.15, 0.2) is 5.13 Å². The molecule has 0 aliphatic rings. The van der Waals surface area contributed by atoms with Crippen LogP contribution in [0.5, 0.6) is 0 Å². The number of nitrogens with zero attached hydrogens (tertiary/aromatic N) is 1. The summed E-state index contributed by atoms with van der Waals surface area (Å²) in [5, 5.41) is 3.46. The van der Waals surface area contributed by atoms with Crippen molar-refractivity contribution in [2.45, 2.75) is 45.7 Å². The Morgan fingerprint density at radius 2 is 2.08 bits per heavy atom. The molecular formula is C17H18ClF3N2OS. The molecule has 0 aliphatic heterocycles. The summed E-state index contributed by atoms with van der Waals surface area (Å²) in [6.45, 7) is 3.76. The summed E-state index contributed by atoms with van der Waals surface area (Å²) in [6.07, 6.45) is -2.05. The number of aryl methyl sites for hydroxylation is 1. The first kappa shape index (κ1) is 19.7. The molecule has 1 aromatic heterocycles. The molecule has 0 bridgehead atoms. The molecule has 136 valence electrons. The van der Waals surface area contributed by atoms with Crippen molar-refractivity contribution in [3.05, 3.63) is 44.9 Å². The molecule has 0 radical (unpaired) electrons. The third kappa shape index (κ3) is 5.44. The van der Waals surface area contributed by atoms with Gasteiger partial charge in [0.05, 0.1) is 11.3 Å². The standard InChI is InChI=1S/C17H18ClF3N2OS/c1-3-4-5-15(24)23-16-22-10(2)14(25-16)9-11-8-12(17(19,20)21)6-7-13(11)18/h6-8H,3-5,9H2,1-2H3,(H,22,23,24). The minimum atomic E-state index is -4.42. The van der Waals surface area contributed by atoms with Gasteiger partial charge in [-0.3, -0.25) is 4.79 Å². The second kappa shape index (κ2) is 8.19. The molecule has 2 aromatic rings. The largest absolute Gasteiger partial charge is 0.416 e. The first-order chi connectivity index (χ1) is 11.7. The van der Waals surface area contributed by atoms with Gasteiger partial charge < -0.3 is 5.32 Å². The number of unbranched alkanes of at least 4 members (excludes halogenated alkanes) is 1. The zero-order chi connectivity index (χ0) is 18.6. The van der Waals surface area contributed by atoms with Gasteiger partial charge >= 0.3 is 6.18 Å². The van der Waals surface area contributed by atoms with E-state index >= 15 is 0 Å². The van der Waals surface area contributed by atoms with E-state index in [1.807, 2.05) is 6.92 Å². The lowest BCUT2D eigenvalue weighted by atomic mass is 10.1. The Kier molecular flexibility index (Phi) is 6.46. The van der Waals surface area contributed by atoms with E-state index < -0.39 is 11.7 Å². The Balaban J connectivity index is 2.17. The number of aromatic nitrogens is 1. The second-order valence-corrected chi connectivity index (χ2v) is 7.15. The van der Waals surface area contributed by atoms with Crippen molar-refractivity contribution in [1.29, 1.82) is 0 Å². The van der Waals surface area contributed by atoms with Gasteiger partial charge in [0, 0.05) is 22.7 Å². The van der Waals surface area contributed by atoms with E-state index in [9.17, 15) is 18.0 Å². The van der Waals surface area contributed by atoms with Gasteiger partial charge in [0.1, 0.15) is 0 Å². The lowest BCUT2D eigenvalue weighted by Gasteiger charge is -2.10. The highest BCUT2D eigenvalue weighted by molar-refractivity contribution is 7.15.